The fourth-order valence-corrected chi connectivity index (χ4v) is 2.58. The lowest BCUT2D eigenvalue weighted by Gasteiger charge is -2.08. The average molecular weight is 342 g/mol. The van der Waals surface area contributed by atoms with Gasteiger partial charge in [-0.05, 0) is 29.8 Å². The van der Waals surface area contributed by atoms with Crippen molar-refractivity contribution >= 4 is 0 Å². The third-order valence-corrected chi connectivity index (χ3v) is 3.91. The first kappa shape index (κ1) is 15.6. The first-order chi connectivity index (χ1) is 12.8. The largest absolute Gasteiger partial charge is 0.489 e. The molecule has 126 valence electrons. The van der Waals surface area contributed by atoms with E-state index in [1.54, 1.807) is 12.5 Å². The lowest BCUT2D eigenvalue weighted by Crippen LogP contribution is -1.97. The molecule has 0 saturated heterocycles. The Bertz CT molecular complexity index is 1040. The zero-order valence-electron chi connectivity index (χ0n) is 13.7. The molecule has 7 heteroatoms. The Balaban J connectivity index is 1.47. The molecular formula is C19H14N6O. The monoisotopic (exact) mass is 342 g/mol. The number of rotatable bonds is 5. The van der Waals surface area contributed by atoms with Crippen molar-refractivity contribution in [2.45, 2.75) is 6.61 Å². The summed E-state index contributed by atoms with van der Waals surface area (Å²) in [5, 5.41) is 19.3. The predicted octanol–water partition coefficient (Wildman–Crippen LogP) is 3.11. The highest BCUT2D eigenvalue weighted by Gasteiger charge is 2.10. The molecule has 0 saturated carbocycles. The number of nitriles is 1. The quantitative estimate of drug-likeness (QED) is 0.601. The van der Waals surface area contributed by atoms with Gasteiger partial charge in [0.15, 0.2) is 5.69 Å². The smallest absolute Gasteiger partial charge is 0.163 e. The minimum Gasteiger partial charge on any atom is -0.489 e. The number of ether oxygens (including phenoxy) is 1. The van der Waals surface area contributed by atoms with Gasteiger partial charge < -0.3 is 9.30 Å². The molecule has 0 radical (unpaired) electrons. The Morgan fingerprint density at radius 1 is 1.15 bits per heavy atom. The normalized spacial score (nSPS) is 10.4. The van der Waals surface area contributed by atoms with Crippen molar-refractivity contribution < 1.29 is 4.74 Å². The molecule has 2 aromatic heterocycles. The van der Waals surface area contributed by atoms with Gasteiger partial charge in [0.1, 0.15) is 24.1 Å². The van der Waals surface area contributed by atoms with Crippen LogP contribution in [0, 0.1) is 11.3 Å². The Morgan fingerprint density at radius 2 is 2.04 bits per heavy atom. The van der Waals surface area contributed by atoms with Crippen molar-refractivity contribution in [2.24, 2.45) is 0 Å². The Hall–Kier alpha value is -3.92. The third kappa shape index (κ3) is 3.16. The minimum atomic E-state index is 0.331. The SMILES string of the molecule is N#Cc1[nH]nnc1-c1cccc(OCc2ccc(-n3ccnc3)cc2)c1. The van der Waals surface area contributed by atoms with Crippen LogP contribution >= 0.6 is 0 Å². The van der Waals surface area contributed by atoms with Crippen molar-refractivity contribution in [3.8, 4) is 28.8 Å². The molecule has 0 aliphatic carbocycles. The van der Waals surface area contributed by atoms with Gasteiger partial charge in [0.2, 0.25) is 0 Å². The van der Waals surface area contributed by atoms with Crippen molar-refractivity contribution in [2.75, 3.05) is 0 Å². The van der Waals surface area contributed by atoms with E-state index in [4.69, 9.17) is 10.00 Å². The maximum atomic E-state index is 9.08. The summed E-state index contributed by atoms with van der Waals surface area (Å²) in [5.41, 5.74) is 3.73. The standard InChI is InChI=1S/C19H14N6O/c20-11-18-19(23-24-22-18)15-2-1-3-17(10-15)26-12-14-4-6-16(7-5-14)25-9-8-21-13-25/h1-10,13H,12H2,(H,22,23,24). The molecule has 1 N–H and O–H groups in total. The summed E-state index contributed by atoms with van der Waals surface area (Å²) >= 11 is 0. The van der Waals surface area contributed by atoms with Gasteiger partial charge in [0, 0.05) is 23.6 Å². The van der Waals surface area contributed by atoms with Crippen LogP contribution in [0.25, 0.3) is 16.9 Å². The van der Waals surface area contributed by atoms with Gasteiger partial charge in [-0.15, -0.1) is 5.10 Å². The highest BCUT2D eigenvalue weighted by atomic mass is 16.5. The maximum Gasteiger partial charge on any atom is 0.163 e. The zero-order valence-corrected chi connectivity index (χ0v) is 13.7. The number of H-pyrrole nitrogens is 1. The second-order valence-corrected chi connectivity index (χ2v) is 5.60. The number of nitrogens with one attached hydrogen (secondary N) is 1. The molecule has 26 heavy (non-hydrogen) atoms. The molecule has 0 aliphatic heterocycles. The van der Waals surface area contributed by atoms with E-state index in [1.807, 2.05) is 65.4 Å². The van der Waals surface area contributed by atoms with Crippen LogP contribution in [-0.2, 0) is 6.61 Å². The van der Waals surface area contributed by atoms with Gasteiger partial charge in [-0.3, -0.25) is 0 Å². The fraction of sp³-hybridized carbons (Fsp3) is 0.0526. The Morgan fingerprint density at radius 3 is 2.81 bits per heavy atom. The number of hydrogen-bond acceptors (Lipinski definition) is 5. The first-order valence-corrected chi connectivity index (χ1v) is 7.95. The number of benzene rings is 2. The average Bonchev–Trinajstić information content (AvgIpc) is 3.38. The molecule has 0 atom stereocenters. The van der Waals surface area contributed by atoms with Crippen LogP contribution in [0.1, 0.15) is 11.3 Å². The first-order valence-electron chi connectivity index (χ1n) is 7.95. The molecule has 0 bridgehead atoms. The number of imidazole rings is 1. The van der Waals surface area contributed by atoms with E-state index in [0.29, 0.717) is 23.7 Å². The summed E-state index contributed by atoms with van der Waals surface area (Å²) in [6.07, 6.45) is 5.41. The lowest BCUT2D eigenvalue weighted by atomic mass is 10.1. The van der Waals surface area contributed by atoms with Gasteiger partial charge in [0.25, 0.3) is 0 Å². The number of hydrogen-bond donors (Lipinski definition) is 1. The summed E-state index contributed by atoms with van der Waals surface area (Å²) in [5.74, 6) is 0.702. The summed E-state index contributed by atoms with van der Waals surface area (Å²) < 4.78 is 7.82. The highest BCUT2D eigenvalue weighted by molar-refractivity contribution is 5.65. The van der Waals surface area contributed by atoms with Crippen LogP contribution < -0.4 is 4.74 Å². The predicted molar refractivity (Wildman–Crippen MR) is 94.4 cm³/mol. The van der Waals surface area contributed by atoms with Crippen LogP contribution in [0.2, 0.25) is 0 Å². The Kier molecular flexibility index (Phi) is 4.14. The van der Waals surface area contributed by atoms with Crippen molar-refractivity contribution in [3.63, 3.8) is 0 Å². The summed E-state index contributed by atoms with van der Waals surface area (Å²) in [6, 6.07) is 17.6. The zero-order chi connectivity index (χ0) is 17.8. The van der Waals surface area contributed by atoms with Gasteiger partial charge in [0.05, 0.1) is 6.33 Å². The van der Waals surface area contributed by atoms with Crippen LogP contribution in [0.3, 0.4) is 0 Å². The van der Waals surface area contributed by atoms with E-state index < -0.39 is 0 Å². The van der Waals surface area contributed by atoms with Gasteiger partial charge in [-0.25, -0.2) is 10.1 Å². The summed E-state index contributed by atoms with van der Waals surface area (Å²) in [4.78, 5) is 4.04. The highest BCUT2D eigenvalue weighted by Crippen LogP contribution is 2.24. The molecule has 0 fully saturated rings. The third-order valence-electron chi connectivity index (χ3n) is 3.91. The minimum absolute atomic E-state index is 0.331. The lowest BCUT2D eigenvalue weighted by molar-refractivity contribution is 0.306. The topological polar surface area (TPSA) is 92.4 Å². The fourth-order valence-electron chi connectivity index (χ4n) is 2.58. The van der Waals surface area contributed by atoms with E-state index in [9.17, 15) is 0 Å². The molecule has 7 nitrogen and oxygen atoms in total. The molecule has 4 rings (SSSR count). The molecule has 0 amide bonds. The van der Waals surface area contributed by atoms with Crippen molar-refractivity contribution in [1.29, 1.82) is 5.26 Å². The second-order valence-electron chi connectivity index (χ2n) is 5.60. The number of aromatic nitrogens is 5. The maximum absolute atomic E-state index is 9.08. The molecule has 2 aromatic carbocycles. The molecular weight excluding hydrogens is 328 g/mol. The van der Waals surface area contributed by atoms with Crippen LogP contribution in [0.5, 0.6) is 5.75 Å². The van der Waals surface area contributed by atoms with E-state index in [2.05, 4.69) is 20.4 Å². The van der Waals surface area contributed by atoms with E-state index in [1.165, 1.54) is 0 Å². The van der Waals surface area contributed by atoms with E-state index in [0.717, 1.165) is 16.8 Å². The van der Waals surface area contributed by atoms with E-state index >= 15 is 0 Å². The molecule has 4 aromatic rings. The summed E-state index contributed by atoms with van der Waals surface area (Å²) in [7, 11) is 0. The number of nitrogens with zero attached hydrogens (tertiary/aromatic N) is 5. The second kappa shape index (κ2) is 6.91. The van der Waals surface area contributed by atoms with Crippen LogP contribution in [0.4, 0.5) is 0 Å². The summed E-state index contributed by atoms with van der Waals surface area (Å²) in [6.45, 7) is 0.442. The van der Waals surface area contributed by atoms with E-state index in [-0.39, 0.29) is 0 Å². The van der Waals surface area contributed by atoms with Gasteiger partial charge in [-0.2, -0.15) is 5.26 Å². The Labute approximate surface area is 149 Å². The molecule has 2 heterocycles. The molecule has 0 aliphatic rings. The van der Waals surface area contributed by atoms with Crippen LogP contribution in [-0.4, -0.2) is 25.0 Å². The van der Waals surface area contributed by atoms with Gasteiger partial charge in [-0.1, -0.05) is 29.5 Å². The molecule has 0 spiro atoms. The van der Waals surface area contributed by atoms with Crippen molar-refractivity contribution in [1.82, 2.24) is 25.0 Å². The van der Waals surface area contributed by atoms with Gasteiger partial charge >= 0.3 is 0 Å². The van der Waals surface area contributed by atoms with Crippen LogP contribution in [0.15, 0.2) is 67.3 Å². The van der Waals surface area contributed by atoms with Crippen molar-refractivity contribution in [3.05, 3.63) is 78.5 Å². The molecule has 0 unspecified atom stereocenters. The number of aromatic amines is 1.